The fourth-order valence-electron chi connectivity index (χ4n) is 3.04. The number of aliphatic imine (C=N–C) groups is 1. The first kappa shape index (κ1) is 14.8. The number of hydrogen-bond donors (Lipinski definition) is 2. The van der Waals surface area contributed by atoms with E-state index in [9.17, 15) is 0 Å². The van der Waals surface area contributed by atoms with Crippen LogP contribution in [0.15, 0.2) is 41.5 Å². The van der Waals surface area contributed by atoms with Crippen molar-refractivity contribution in [2.75, 3.05) is 6.54 Å². The van der Waals surface area contributed by atoms with E-state index in [1.165, 1.54) is 36.6 Å². The molecule has 0 amide bonds. The van der Waals surface area contributed by atoms with Crippen LogP contribution in [0.4, 0.5) is 0 Å². The lowest BCUT2D eigenvalue weighted by atomic mass is 10.1. The second-order valence-corrected chi connectivity index (χ2v) is 5.81. The van der Waals surface area contributed by atoms with Gasteiger partial charge in [-0.15, -0.1) is 0 Å². The Labute approximate surface area is 132 Å². The topological polar surface area (TPSA) is 49.3 Å². The molecule has 0 radical (unpaired) electrons. The number of guanidine groups is 1. The molecule has 1 aliphatic carbocycles. The van der Waals surface area contributed by atoms with E-state index in [0.29, 0.717) is 12.6 Å². The van der Waals surface area contributed by atoms with Gasteiger partial charge < -0.3 is 10.6 Å². The van der Waals surface area contributed by atoms with Gasteiger partial charge in [-0.1, -0.05) is 37.1 Å². The first-order valence-electron chi connectivity index (χ1n) is 8.24. The predicted octanol–water partition coefficient (Wildman–Crippen LogP) is 3.23. The lowest BCUT2D eigenvalue weighted by molar-refractivity contribution is 0.614. The Hall–Kier alpha value is -2.10. The number of nitrogens with zero attached hydrogens (tertiary/aromatic N) is 2. The molecular formula is C18H24N4. The lowest BCUT2D eigenvalue weighted by Gasteiger charge is -2.16. The molecule has 2 aromatic rings. The van der Waals surface area contributed by atoms with Crippen LogP contribution in [-0.2, 0) is 6.54 Å². The van der Waals surface area contributed by atoms with E-state index < -0.39 is 0 Å². The minimum atomic E-state index is 0.573. The third-order valence-electron chi connectivity index (χ3n) is 4.16. The van der Waals surface area contributed by atoms with Crippen LogP contribution in [0.25, 0.3) is 10.9 Å². The summed E-state index contributed by atoms with van der Waals surface area (Å²) in [4.78, 5) is 9.25. The van der Waals surface area contributed by atoms with E-state index >= 15 is 0 Å². The van der Waals surface area contributed by atoms with Crippen LogP contribution in [0.2, 0.25) is 0 Å². The minimum Gasteiger partial charge on any atom is -0.357 e. The van der Waals surface area contributed by atoms with Gasteiger partial charge in [0.1, 0.15) is 0 Å². The van der Waals surface area contributed by atoms with E-state index in [-0.39, 0.29) is 0 Å². The maximum absolute atomic E-state index is 4.75. The van der Waals surface area contributed by atoms with Crippen LogP contribution in [0.5, 0.6) is 0 Å². The second kappa shape index (κ2) is 7.25. The Balaban J connectivity index is 1.76. The van der Waals surface area contributed by atoms with Crippen molar-refractivity contribution in [1.29, 1.82) is 0 Å². The van der Waals surface area contributed by atoms with Gasteiger partial charge in [-0.25, -0.2) is 4.99 Å². The number of rotatable bonds is 4. The molecule has 116 valence electrons. The first-order valence-corrected chi connectivity index (χ1v) is 8.24. The largest absolute Gasteiger partial charge is 0.357 e. The molecule has 0 saturated heterocycles. The van der Waals surface area contributed by atoms with Gasteiger partial charge in [0.05, 0.1) is 12.1 Å². The molecule has 4 nitrogen and oxygen atoms in total. The zero-order valence-corrected chi connectivity index (χ0v) is 13.2. The van der Waals surface area contributed by atoms with Crippen LogP contribution < -0.4 is 10.6 Å². The highest BCUT2D eigenvalue weighted by Gasteiger charge is 2.15. The highest BCUT2D eigenvalue weighted by atomic mass is 15.2. The fourth-order valence-corrected chi connectivity index (χ4v) is 3.04. The Morgan fingerprint density at radius 3 is 2.86 bits per heavy atom. The predicted molar refractivity (Wildman–Crippen MR) is 92.0 cm³/mol. The molecule has 1 aromatic carbocycles. The highest BCUT2D eigenvalue weighted by Crippen LogP contribution is 2.18. The maximum Gasteiger partial charge on any atom is 0.191 e. The summed E-state index contributed by atoms with van der Waals surface area (Å²) < 4.78 is 0. The zero-order valence-electron chi connectivity index (χ0n) is 13.2. The highest BCUT2D eigenvalue weighted by molar-refractivity contribution is 5.83. The quantitative estimate of drug-likeness (QED) is 0.673. The standard InChI is InChI=1S/C18H24N4/c1-2-19-18(22-16-10-3-4-11-16)21-13-15-8-5-7-14-9-6-12-20-17(14)15/h5-9,12,16H,2-4,10-11,13H2,1H3,(H2,19,21,22). The van der Waals surface area contributed by atoms with Crippen molar-refractivity contribution in [3.8, 4) is 0 Å². The van der Waals surface area contributed by atoms with Gasteiger partial charge in [0, 0.05) is 24.2 Å². The van der Waals surface area contributed by atoms with E-state index in [1.54, 1.807) is 0 Å². The Kier molecular flexibility index (Phi) is 4.88. The molecule has 1 saturated carbocycles. The molecule has 1 heterocycles. The van der Waals surface area contributed by atoms with E-state index in [4.69, 9.17) is 4.99 Å². The normalized spacial score (nSPS) is 16.1. The van der Waals surface area contributed by atoms with Crippen LogP contribution in [0.3, 0.4) is 0 Å². The minimum absolute atomic E-state index is 0.573. The van der Waals surface area contributed by atoms with Crippen molar-refractivity contribution < 1.29 is 0 Å². The summed E-state index contributed by atoms with van der Waals surface area (Å²) in [5.74, 6) is 0.919. The van der Waals surface area contributed by atoms with Crippen molar-refractivity contribution in [3.05, 3.63) is 42.1 Å². The summed E-state index contributed by atoms with van der Waals surface area (Å²) in [5, 5.41) is 8.07. The smallest absolute Gasteiger partial charge is 0.191 e. The van der Waals surface area contributed by atoms with Crippen molar-refractivity contribution in [2.24, 2.45) is 4.99 Å². The molecule has 0 atom stereocenters. The van der Waals surface area contributed by atoms with E-state index in [0.717, 1.165) is 18.0 Å². The van der Waals surface area contributed by atoms with Gasteiger partial charge in [-0.05, 0) is 31.4 Å². The third kappa shape index (κ3) is 3.56. The average molecular weight is 296 g/mol. The van der Waals surface area contributed by atoms with Gasteiger partial charge in [0.2, 0.25) is 0 Å². The molecule has 0 unspecified atom stereocenters. The molecular weight excluding hydrogens is 272 g/mol. The molecule has 0 bridgehead atoms. The summed E-state index contributed by atoms with van der Waals surface area (Å²) >= 11 is 0. The maximum atomic E-state index is 4.75. The fraction of sp³-hybridized carbons (Fsp3) is 0.444. The molecule has 0 spiro atoms. The molecule has 1 aliphatic rings. The number of hydrogen-bond acceptors (Lipinski definition) is 2. The van der Waals surface area contributed by atoms with Crippen LogP contribution in [0.1, 0.15) is 38.2 Å². The van der Waals surface area contributed by atoms with Gasteiger partial charge in [0.15, 0.2) is 5.96 Å². The number of benzene rings is 1. The van der Waals surface area contributed by atoms with Crippen molar-refractivity contribution in [2.45, 2.75) is 45.2 Å². The molecule has 4 heteroatoms. The number of pyridine rings is 1. The lowest BCUT2D eigenvalue weighted by Crippen LogP contribution is -2.42. The summed E-state index contributed by atoms with van der Waals surface area (Å²) in [6, 6.07) is 10.9. The Morgan fingerprint density at radius 2 is 2.05 bits per heavy atom. The molecule has 1 aromatic heterocycles. The Bertz CT molecular complexity index is 639. The molecule has 0 aliphatic heterocycles. The van der Waals surface area contributed by atoms with Gasteiger partial charge in [-0.3, -0.25) is 4.98 Å². The number of aromatic nitrogens is 1. The molecule has 2 N–H and O–H groups in total. The van der Waals surface area contributed by atoms with E-state index in [1.807, 2.05) is 12.3 Å². The van der Waals surface area contributed by atoms with Crippen LogP contribution >= 0.6 is 0 Å². The Morgan fingerprint density at radius 1 is 1.23 bits per heavy atom. The van der Waals surface area contributed by atoms with Crippen LogP contribution in [-0.4, -0.2) is 23.5 Å². The van der Waals surface area contributed by atoms with Crippen molar-refractivity contribution in [3.63, 3.8) is 0 Å². The molecule has 3 rings (SSSR count). The van der Waals surface area contributed by atoms with Crippen molar-refractivity contribution >= 4 is 16.9 Å². The van der Waals surface area contributed by atoms with Gasteiger partial charge in [-0.2, -0.15) is 0 Å². The monoisotopic (exact) mass is 296 g/mol. The average Bonchev–Trinajstić information content (AvgIpc) is 3.06. The second-order valence-electron chi connectivity index (χ2n) is 5.81. The van der Waals surface area contributed by atoms with Gasteiger partial charge in [0.25, 0.3) is 0 Å². The SMILES string of the molecule is CCNC(=NCc1cccc2cccnc12)NC1CCCC1. The molecule has 22 heavy (non-hydrogen) atoms. The first-order chi connectivity index (χ1) is 10.9. The number of para-hydroxylation sites is 1. The summed E-state index contributed by atoms with van der Waals surface area (Å²) in [6.07, 6.45) is 6.99. The van der Waals surface area contributed by atoms with Crippen molar-refractivity contribution in [1.82, 2.24) is 15.6 Å². The third-order valence-corrected chi connectivity index (χ3v) is 4.16. The van der Waals surface area contributed by atoms with E-state index in [2.05, 4.69) is 46.8 Å². The molecule has 1 fully saturated rings. The zero-order chi connectivity index (χ0) is 15.2. The number of fused-ring (bicyclic) bond motifs is 1. The number of nitrogens with one attached hydrogen (secondary N) is 2. The van der Waals surface area contributed by atoms with Gasteiger partial charge >= 0.3 is 0 Å². The summed E-state index contributed by atoms with van der Waals surface area (Å²) in [5.41, 5.74) is 2.21. The summed E-state index contributed by atoms with van der Waals surface area (Å²) in [7, 11) is 0. The summed E-state index contributed by atoms with van der Waals surface area (Å²) in [6.45, 7) is 3.63. The van der Waals surface area contributed by atoms with Crippen LogP contribution in [0, 0.1) is 0 Å².